The molecule has 2 aromatic rings. The third kappa shape index (κ3) is 3.26. The number of esters is 1. The molecular formula is C13H11N5O3. The van der Waals surface area contributed by atoms with Crippen molar-refractivity contribution >= 4 is 28.5 Å². The number of amides is 1. The van der Waals surface area contributed by atoms with Crippen LogP contribution >= 0.6 is 0 Å². The number of hydrogen-bond donors (Lipinski definition) is 1. The maximum atomic E-state index is 12.1. The number of pyridine rings is 1. The number of methoxy groups -OCH3 is 1. The summed E-state index contributed by atoms with van der Waals surface area (Å²) in [5.74, 6) is -0.984. The number of aromatic nitrogens is 1. The summed E-state index contributed by atoms with van der Waals surface area (Å²) < 4.78 is 4.45. The number of nitrogens with one attached hydrogen (secondary N) is 1. The molecule has 0 fully saturated rings. The van der Waals surface area contributed by atoms with Gasteiger partial charge in [-0.1, -0.05) is 11.2 Å². The second kappa shape index (κ2) is 6.36. The van der Waals surface area contributed by atoms with Crippen molar-refractivity contribution in [3.8, 4) is 0 Å². The Bertz CT molecular complexity index is 753. The van der Waals surface area contributed by atoms with Crippen LogP contribution in [0.1, 0.15) is 10.4 Å². The smallest absolute Gasteiger partial charge is 0.325 e. The van der Waals surface area contributed by atoms with E-state index in [1.54, 1.807) is 18.2 Å². The number of nitrogens with zero attached hydrogens (tertiary/aromatic N) is 4. The van der Waals surface area contributed by atoms with Crippen molar-refractivity contribution in [2.24, 2.45) is 5.11 Å². The normalized spacial score (nSPS) is 9.76. The number of benzene rings is 1. The van der Waals surface area contributed by atoms with Gasteiger partial charge in [0.05, 0.1) is 18.2 Å². The summed E-state index contributed by atoms with van der Waals surface area (Å²) in [6.45, 7) is -0.227. The van der Waals surface area contributed by atoms with E-state index in [0.29, 0.717) is 22.2 Å². The highest BCUT2D eigenvalue weighted by Gasteiger charge is 2.12. The molecule has 0 unspecified atom stereocenters. The Balaban J connectivity index is 2.38. The average Bonchev–Trinajstić information content (AvgIpc) is 2.51. The van der Waals surface area contributed by atoms with Crippen LogP contribution in [-0.2, 0) is 9.53 Å². The Hall–Kier alpha value is -3.12. The van der Waals surface area contributed by atoms with E-state index in [1.165, 1.54) is 19.4 Å². The number of carbonyl (C=O) groups excluding carboxylic acids is 2. The van der Waals surface area contributed by atoms with E-state index in [9.17, 15) is 9.59 Å². The first-order valence-corrected chi connectivity index (χ1v) is 5.94. The molecule has 1 N–H and O–H groups in total. The second-order valence-corrected chi connectivity index (χ2v) is 4.01. The molecule has 21 heavy (non-hydrogen) atoms. The molecule has 8 heteroatoms. The Morgan fingerprint density at radius 2 is 2.24 bits per heavy atom. The molecule has 1 heterocycles. The fourth-order valence-corrected chi connectivity index (χ4v) is 1.77. The number of fused-ring (bicyclic) bond motifs is 1. The number of carbonyl (C=O) groups is 2. The minimum atomic E-state index is -0.545. The molecule has 0 saturated carbocycles. The van der Waals surface area contributed by atoms with Gasteiger partial charge in [0.1, 0.15) is 6.54 Å². The molecule has 1 aromatic heterocycles. The van der Waals surface area contributed by atoms with Gasteiger partial charge in [0.25, 0.3) is 5.91 Å². The highest BCUT2D eigenvalue weighted by atomic mass is 16.5. The minimum absolute atomic E-state index is 0.227. The first kappa shape index (κ1) is 14.3. The molecule has 0 aliphatic rings. The topological polar surface area (TPSA) is 117 Å². The van der Waals surface area contributed by atoms with Gasteiger partial charge in [0.15, 0.2) is 0 Å². The van der Waals surface area contributed by atoms with Crippen LogP contribution < -0.4 is 5.32 Å². The molecule has 0 aliphatic carbocycles. The van der Waals surface area contributed by atoms with Gasteiger partial charge in [-0.3, -0.25) is 14.6 Å². The third-order valence-corrected chi connectivity index (χ3v) is 2.75. The highest BCUT2D eigenvalue weighted by Crippen LogP contribution is 2.23. The highest BCUT2D eigenvalue weighted by molar-refractivity contribution is 6.07. The van der Waals surface area contributed by atoms with Crippen molar-refractivity contribution in [3.63, 3.8) is 0 Å². The maximum absolute atomic E-state index is 12.1. The predicted molar refractivity (Wildman–Crippen MR) is 74.9 cm³/mol. The molecule has 0 saturated heterocycles. The number of hydrogen-bond acceptors (Lipinski definition) is 5. The van der Waals surface area contributed by atoms with Gasteiger partial charge in [-0.2, -0.15) is 0 Å². The van der Waals surface area contributed by atoms with E-state index < -0.39 is 11.9 Å². The Morgan fingerprint density at radius 1 is 1.43 bits per heavy atom. The van der Waals surface area contributed by atoms with E-state index in [-0.39, 0.29) is 6.54 Å². The van der Waals surface area contributed by atoms with Crippen LogP contribution in [0.3, 0.4) is 0 Å². The molecule has 2 rings (SSSR count). The molecule has 0 bridgehead atoms. The molecule has 0 radical (unpaired) electrons. The van der Waals surface area contributed by atoms with Gasteiger partial charge in [0, 0.05) is 22.2 Å². The van der Waals surface area contributed by atoms with Crippen molar-refractivity contribution in [1.82, 2.24) is 10.3 Å². The van der Waals surface area contributed by atoms with Crippen molar-refractivity contribution in [2.75, 3.05) is 13.7 Å². The van der Waals surface area contributed by atoms with E-state index in [0.717, 1.165) is 0 Å². The first-order chi connectivity index (χ1) is 10.2. The van der Waals surface area contributed by atoms with Crippen LogP contribution in [0, 0.1) is 0 Å². The van der Waals surface area contributed by atoms with Crippen molar-refractivity contribution in [1.29, 1.82) is 0 Å². The fourth-order valence-electron chi connectivity index (χ4n) is 1.77. The summed E-state index contributed by atoms with van der Waals surface area (Å²) in [4.78, 5) is 30.0. The number of rotatable bonds is 4. The minimum Gasteiger partial charge on any atom is -0.468 e. The number of ether oxygens (including phenoxy) is 1. The van der Waals surface area contributed by atoms with Crippen molar-refractivity contribution in [3.05, 3.63) is 46.5 Å². The van der Waals surface area contributed by atoms with Gasteiger partial charge in [0.2, 0.25) is 0 Å². The van der Waals surface area contributed by atoms with E-state index in [1.807, 2.05) is 0 Å². The molecule has 0 spiro atoms. The van der Waals surface area contributed by atoms with Crippen LogP contribution in [0.5, 0.6) is 0 Å². The molecule has 0 atom stereocenters. The van der Waals surface area contributed by atoms with Gasteiger partial charge >= 0.3 is 5.97 Å². The van der Waals surface area contributed by atoms with Gasteiger partial charge < -0.3 is 10.1 Å². The average molecular weight is 285 g/mol. The largest absolute Gasteiger partial charge is 0.468 e. The lowest BCUT2D eigenvalue weighted by Crippen LogP contribution is -2.30. The summed E-state index contributed by atoms with van der Waals surface area (Å²) >= 11 is 0. The molecular weight excluding hydrogens is 274 g/mol. The standard InChI is InChI=1S/C13H11N5O3/c1-21-12(19)7-16-13(20)9-4-5-15-11-3-2-8(17-18-14)6-10(9)11/h2-6H,7H2,1H3,(H,16,20). The quantitative estimate of drug-likeness (QED) is 0.400. The van der Waals surface area contributed by atoms with Crippen LogP contribution in [0.25, 0.3) is 21.3 Å². The molecule has 1 aromatic carbocycles. The summed E-state index contributed by atoms with van der Waals surface area (Å²) in [5.41, 5.74) is 9.74. The zero-order chi connectivity index (χ0) is 15.2. The van der Waals surface area contributed by atoms with Crippen LogP contribution in [0.2, 0.25) is 0 Å². The second-order valence-electron chi connectivity index (χ2n) is 4.01. The monoisotopic (exact) mass is 285 g/mol. The van der Waals surface area contributed by atoms with Gasteiger partial charge in [-0.25, -0.2) is 0 Å². The summed E-state index contributed by atoms with van der Waals surface area (Å²) in [5, 5.41) is 6.47. The van der Waals surface area contributed by atoms with Gasteiger partial charge in [-0.15, -0.1) is 0 Å². The lowest BCUT2D eigenvalue weighted by Gasteiger charge is -2.07. The third-order valence-electron chi connectivity index (χ3n) is 2.75. The fraction of sp³-hybridized carbons (Fsp3) is 0.154. The maximum Gasteiger partial charge on any atom is 0.325 e. The summed E-state index contributed by atoms with van der Waals surface area (Å²) in [6, 6.07) is 6.34. The van der Waals surface area contributed by atoms with Crippen LogP contribution in [0.15, 0.2) is 35.6 Å². The van der Waals surface area contributed by atoms with E-state index in [4.69, 9.17) is 5.53 Å². The predicted octanol–water partition coefficient (Wildman–Crippen LogP) is 2.08. The lowest BCUT2D eigenvalue weighted by molar-refractivity contribution is -0.139. The molecule has 106 valence electrons. The summed E-state index contributed by atoms with van der Waals surface area (Å²) in [7, 11) is 1.24. The van der Waals surface area contributed by atoms with E-state index in [2.05, 4.69) is 25.1 Å². The SMILES string of the molecule is COC(=O)CNC(=O)c1ccnc2ccc(N=[N+]=[N-])cc12. The zero-order valence-electron chi connectivity index (χ0n) is 11.1. The van der Waals surface area contributed by atoms with Crippen LogP contribution in [0.4, 0.5) is 5.69 Å². The summed E-state index contributed by atoms with van der Waals surface area (Å²) in [6.07, 6.45) is 1.49. The Kier molecular flexibility index (Phi) is 4.33. The van der Waals surface area contributed by atoms with Crippen molar-refractivity contribution < 1.29 is 14.3 Å². The Morgan fingerprint density at radius 3 is 2.95 bits per heavy atom. The first-order valence-electron chi connectivity index (χ1n) is 5.94. The van der Waals surface area contributed by atoms with Gasteiger partial charge in [-0.05, 0) is 23.7 Å². The van der Waals surface area contributed by atoms with E-state index >= 15 is 0 Å². The number of azide groups is 1. The van der Waals surface area contributed by atoms with Crippen LogP contribution in [-0.4, -0.2) is 30.5 Å². The molecule has 8 nitrogen and oxygen atoms in total. The lowest BCUT2D eigenvalue weighted by atomic mass is 10.1. The zero-order valence-corrected chi connectivity index (χ0v) is 11.1. The molecule has 1 amide bonds. The Labute approximate surface area is 119 Å². The van der Waals surface area contributed by atoms with Crippen molar-refractivity contribution in [2.45, 2.75) is 0 Å². The molecule has 0 aliphatic heterocycles.